The fourth-order valence-corrected chi connectivity index (χ4v) is 2.59. The van der Waals surface area contributed by atoms with Gasteiger partial charge in [-0.15, -0.1) is 0 Å². The standard InChI is InChI=1S/C20H18N2O4/c1-13-5-3-4-6-16(13)22-20(23)15(12-21)9-14-10-17(24-2)19-18(11-14)25-7-8-26-19/h3-6,9-11H,7-8H2,1-2H3,(H,22,23)/b15-9+. The smallest absolute Gasteiger partial charge is 0.266 e. The Bertz CT molecular complexity index is 895. The molecular formula is C20H18N2O4. The summed E-state index contributed by atoms with van der Waals surface area (Å²) in [4.78, 5) is 12.5. The number of nitrogens with zero attached hydrogens (tertiary/aromatic N) is 1. The van der Waals surface area contributed by atoms with Crippen molar-refractivity contribution in [3.63, 3.8) is 0 Å². The molecule has 0 fully saturated rings. The minimum Gasteiger partial charge on any atom is -0.493 e. The normalized spacial score (nSPS) is 12.9. The number of anilines is 1. The third kappa shape index (κ3) is 3.62. The lowest BCUT2D eigenvalue weighted by atomic mass is 10.1. The lowest BCUT2D eigenvalue weighted by molar-refractivity contribution is -0.112. The van der Waals surface area contributed by atoms with E-state index in [-0.39, 0.29) is 5.57 Å². The summed E-state index contributed by atoms with van der Waals surface area (Å²) in [7, 11) is 1.52. The molecule has 6 heteroatoms. The minimum absolute atomic E-state index is 0.0213. The van der Waals surface area contributed by atoms with E-state index in [0.29, 0.717) is 41.7 Å². The molecule has 0 aliphatic carbocycles. The molecule has 0 spiro atoms. The Morgan fingerprint density at radius 3 is 2.77 bits per heavy atom. The van der Waals surface area contributed by atoms with E-state index < -0.39 is 5.91 Å². The SMILES string of the molecule is COc1cc(/C=C(\C#N)C(=O)Nc2ccccc2C)cc2c1OCCO2. The number of carbonyl (C=O) groups is 1. The van der Waals surface area contributed by atoms with Crippen LogP contribution in [0, 0.1) is 18.3 Å². The largest absolute Gasteiger partial charge is 0.493 e. The van der Waals surface area contributed by atoms with Gasteiger partial charge in [0.25, 0.3) is 5.91 Å². The molecular weight excluding hydrogens is 332 g/mol. The van der Waals surface area contributed by atoms with Gasteiger partial charge in [0.15, 0.2) is 11.5 Å². The monoisotopic (exact) mass is 350 g/mol. The zero-order valence-corrected chi connectivity index (χ0v) is 14.5. The van der Waals surface area contributed by atoms with Gasteiger partial charge in [0.1, 0.15) is 24.9 Å². The zero-order chi connectivity index (χ0) is 18.5. The third-order valence-electron chi connectivity index (χ3n) is 3.92. The second kappa shape index (κ2) is 7.62. The molecule has 0 radical (unpaired) electrons. The minimum atomic E-state index is -0.476. The highest BCUT2D eigenvalue weighted by Gasteiger charge is 2.19. The molecule has 132 valence electrons. The van der Waals surface area contributed by atoms with E-state index in [1.54, 1.807) is 18.2 Å². The van der Waals surface area contributed by atoms with Gasteiger partial charge in [0, 0.05) is 5.69 Å². The van der Waals surface area contributed by atoms with Crippen LogP contribution in [0.2, 0.25) is 0 Å². The topological polar surface area (TPSA) is 80.6 Å². The molecule has 0 aromatic heterocycles. The van der Waals surface area contributed by atoms with Gasteiger partial charge in [0.05, 0.1) is 7.11 Å². The Kier molecular flexibility index (Phi) is 5.09. The maximum Gasteiger partial charge on any atom is 0.266 e. The molecule has 1 amide bonds. The molecule has 0 saturated heterocycles. The second-order valence-electron chi connectivity index (χ2n) is 5.69. The van der Waals surface area contributed by atoms with Crippen LogP contribution in [-0.4, -0.2) is 26.2 Å². The van der Waals surface area contributed by atoms with Crippen LogP contribution >= 0.6 is 0 Å². The van der Waals surface area contributed by atoms with Gasteiger partial charge in [-0.05, 0) is 42.3 Å². The maximum absolute atomic E-state index is 12.5. The number of aryl methyl sites for hydroxylation is 1. The van der Waals surface area contributed by atoms with Crippen molar-refractivity contribution >= 4 is 17.7 Å². The molecule has 2 aromatic carbocycles. The molecule has 1 heterocycles. The Morgan fingerprint density at radius 2 is 2.04 bits per heavy atom. The van der Waals surface area contributed by atoms with Crippen molar-refractivity contribution in [2.45, 2.75) is 6.92 Å². The van der Waals surface area contributed by atoms with Gasteiger partial charge < -0.3 is 19.5 Å². The van der Waals surface area contributed by atoms with E-state index in [0.717, 1.165) is 5.56 Å². The van der Waals surface area contributed by atoms with E-state index in [4.69, 9.17) is 14.2 Å². The number of nitrogens with one attached hydrogen (secondary N) is 1. The molecule has 0 unspecified atom stereocenters. The van der Waals surface area contributed by atoms with Crippen molar-refractivity contribution in [3.05, 3.63) is 53.1 Å². The number of rotatable bonds is 4. The Labute approximate surface area is 151 Å². The molecule has 3 rings (SSSR count). The van der Waals surface area contributed by atoms with Crippen LogP contribution in [0.25, 0.3) is 6.08 Å². The van der Waals surface area contributed by atoms with E-state index in [9.17, 15) is 10.1 Å². The number of nitriles is 1. The fourth-order valence-electron chi connectivity index (χ4n) is 2.59. The van der Waals surface area contributed by atoms with E-state index >= 15 is 0 Å². The molecule has 0 saturated carbocycles. The summed E-state index contributed by atoms with van der Waals surface area (Å²) in [6.07, 6.45) is 1.49. The number of para-hydroxylation sites is 1. The second-order valence-corrected chi connectivity index (χ2v) is 5.69. The Morgan fingerprint density at radius 1 is 1.27 bits per heavy atom. The highest BCUT2D eigenvalue weighted by Crippen LogP contribution is 2.40. The van der Waals surface area contributed by atoms with E-state index in [1.807, 2.05) is 31.2 Å². The van der Waals surface area contributed by atoms with Crippen molar-refractivity contribution in [1.29, 1.82) is 5.26 Å². The average Bonchev–Trinajstić information content (AvgIpc) is 2.67. The number of hydrogen-bond donors (Lipinski definition) is 1. The summed E-state index contributed by atoms with van der Waals surface area (Å²) in [5.41, 5.74) is 2.17. The van der Waals surface area contributed by atoms with Crippen LogP contribution in [0.3, 0.4) is 0 Å². The lowest BCUT2D eigenvalue weighted by Crippen LogP contribution is -2.16. The summed E-state index contributed by atoms with van der Waals surface area (Å²) in [5.74, 6) is 1.07. The molecule has 1 aliphatic rings. The van der Waals surface area contributed by atoms with Gasteiger partial charge in [-0.25, -0.2) is 0 Å². The molecule has 6 nitrogen and oxygen atoms in total. The first-order valence-electron chi connectivity index (χ1n) is 8.09. The van der Waals surface area contributed by atoms with E-state index in [2.05, 4.69) is 5.32 Å². The van der Waals surface area contributed by atoms with Gasteiger partial charge in [-0.3, -0.25) is 4.79 Å². The van der Waals surface area contributed by atoms with Crippen molar-refractivity contribution in [2.75, 3.05) is 25.6 Å². The van der Waals surface area contributed by atoms with Crippen LogP contribution < -0.4 is 19.5 Å². The number of ether oxygens (including phenoxy) is 3. The number of fused-ring (bicyclic) bond motifs is 1. The summed E-state index contributed by atoms with van der Waals surface area (Å²) >= 11 is 0. The lowest BCUT2D eigenvalue weighted by Gasteiger charge is -2.21. The Hall–Kier alpha value is -3.46. The number of benzene rings is 2. The molecule has 1 aliphatic heterocycles. The molecule has 26 heavy (non-hydrogen) atoms. The van der Waals surface area contributed by atoms with E-state index in [1.165, 1.54) is 13.2 Å². The van der Waals surface area contributed by atoms with Gasteiger partial charge in [-0.1, -0.05) is 18.2 Å². The van der Waals surface area contributed by atoms with Crippen LogP contribution in [0.15, 0.2) is 42.0 Å². The number of carbonyl (C=O) groups excluding carboxylic acids is 1. The predicted molar refractivity (Wildman–Crippen MR) is 97.4 cm³/mol. The summed E-state index contributed by atoms with van der Waals surface area (Å²) < 4.78 is 16.5. The van der Waals surface area contributed by atoms with Crippen LogP contribution in [0.1, 0.15) is 11.1 Å². The number of hydrogen-bond acceptors (Lipinski definition) is 5. The van der Waals surface area contributed by atoms with Gasteiger partial charge in [0.2, 0.25) is 5.75 Å². The van der Waals surface area contributed by atoms with Crippen molar-refractivity contribution in [2.24, 2.45) is 0 Å². The summed E-state index contributed by atoms with van der Waals surface area (Å²) in [6, 6.07) is 12.7. The summed E-state index contributed by atoms with van der Waals surface area (Å²) in [5, 5.41) is 12.2. The van der Waals surface area contributed by atoms with Crippen LogP contribution in [0.4, 0.5) is 5.69 Å². The number of methoxy groups -OCH3 is 1. The maximum atomic E-state index is 12.5. The quantitative estimate of drug-likeness (QED) is 0.676. The molecule has 1 N–H and O–H groups in total. The molecule has 0 atom stereocenters. The first-order valence-corrected chi connectivity index (χ1v) is 8.09. The highest BCUT2D eigenvalue weighted by atomic mass is 16.6. The first kappa shape index (κ1) is 17.4. The molecule has 2 aromatic rings. The van der Waals surface area contributed by atoms with Crippen molar-refractivity contribution in [3.8, 4) is 23.3 Å². The highest BCUT2D eigenvalue weighted by molar-refractivity contribution is 6.10. The van der Waals surface area contributed by atoms with Crippen molar-refractivity contribution in [1.82, 2.24) is 0 Å². The fraction of sp³-hybridized carbons (Fsp3) is 0.200. The Balaban J connectivity index is 1.90. The predicted octanol–water partition coefficient (Wildman–Crippen LogP) is 3.32. The number of amides is 1. The van der Waals surface area contributed by atoms with Gasteiger partial charge in [-0.2, -0.15) is 5.26 Å². The van der Waals surface area contributed by atoms with Crippen LogP contribution in [0.5, 0.6) is 17.2 Å². The van der Waals surface area contributed by atoms with Gasteiger partial charge >= 0.3 is 0 Å². The zero-order valence-electron chi connectivity index (χ0n) is 14.5. The average molecular weight is 350 g/mol. The first-order chi connectivity index (χ1) is 12.6. The van der Waals surface area contributed by atoms with Crippen LogP contribution in [-0.2, 0) is 4.79 Å². The summed E-state index contributed by atoms with van der Waals surface area (Å²) in [6.45, 7) is 2.76. The van der Waals surface area contributed by atoms with Crippen molar-refractivity contribution < 1.29 is 19.0 Å². The molecule has 0 bridgehead atoms. The third-order valence-corrected chi connectivity index (χ3v) is 3.92.